The normalized spacial score (nSPS) is 14.3. The largest absolute Gasteiger partial charge is 0.756 e. The van der Waals surface area contributed by atoms with E-state index in [0.29, 0.717) is 17.4 Å². The Bertz CT molecular complexity index is 1050. The van der Waals surface area contributed by atoms with E-state index < -0.39 is 20.0 Å². The molecule has 0 fully saturated rings. The molecule has 8 nitrogen and oxygen atoms in total. The maximum absolute atomic E-state index is 12.9. The quantitative estimate of drug-likeness (QED) is 0.0273. The van der Waals surface area contributed by atoms with Gasteiger partial charge in [-0.25, -0.2) is 0 Å². The predicted molar refractivity (Wildman–Crippen MR) is 261 cm³/mol. The Labute approximate surface area is 379 Å². The summed E-state index contributed by atoms with van der Waals surface area (Å²) in [6.07, 6.45) is 53.7. The van der Waals surface area contributed by atoms with Crippen molar-refractivity contribution in [2.24, 2.45) is 0 Å². The van der Waals surface area contributed by atoms with Crippen LogP contribution in [0.2, 0.25) is 0 Å². The van der Waals surface area contributed by atoms with Crippen molar-refractivity contribution >= 4 is 13.7 Å². The van der Waals surface area contributed by atoms with Gasteiger partial charge < -0.3 is 28.8 Å². The number of rotatable bonds is 48. The van der Waals surface area contributed by atoms with Gasteiger partial charge in [-0.05, 0) is 44.9 Å². The van der Waals surface area contributed by atoms with Crippen molar-refractivity contribution in [1.29, 1.82) is 0 Å². The van der Waals surface area contributed by atoms with Gasteiger partial charge in [-0.15, -0.1) is 0 Å². The summed E-state index contributed by atoms with van der Waals surface area (Å²) < 4.78 is 23.3. The molecule has 3 atom stereocenters. The number of quaternary nitrogens is 1. The van der Waals surface area contributed by atoms with Gasteiger partial charge >= 0.3 is 0 Å². The fourth-order valence-electron chi connectivity index (χ4n) is 7.74. The molecule has 0 aromatic carbocycles. The fraction of sp³-hybridized carbons (Fsp3) is 0.904. The SMILES string of the molecule is CCCCCCCCCC/C=C\CCCCCCCCCCCC(=O)NC(COP(=O)([O-])OCC[N+](C)(C)C)C(O)/C=C/CCCCCCCCCCCCCCCCCC. The highest BCUT2D eigenvalue weighted by Gasteiger charge is 2.23. The minimum atomic E-state index is -4.59. The van der Waals surface area contributed by atoms with Gasteiger partial charge in [0.1, 0.15) is 13.2 Å². The van der Waals surface area contributed by atoms with E-state index in [-0.39, 0.29) is 19.1 Å². The minimum absolute atomic E-state index is 0.000140. The van der Waals surface area contributed by atoms with Crippen LogP contribution in [0.25, 0.3) is 0 Å². The van der Waals surface area contributed by atoms with E-state index in [1.165, 1.54) is 193 Å². The number of unbranched alkanes of at least 4 members (excludes halogenated alkanes) is 33. The van der Waals surface area contributed by atoms with Crippen molar-refractivity contribution in [2.45, 2.75) is 264 Å². The van der Waals surface area contributed by atoms with E-state index in [1.54, 1.807) is 6.08 Å². The molecule has 362 valence electrons. The van der Waals surface area contributed by atoms with Crippen molar-refractivity contribution in [3.8, 4) is 0 Å². The molecule has 0 heterocycles. The zero-order chi connectivity index (χ0) is 45.0. The molecule has 1 amide bonds. The predicted octanol–water partition coefficient (Wildman–Crippen LogP) is 14.6. The third-order valence-electron chi connectivity index (χ3n) is 11.9. The van der Waals surface area contributed by atoms with Gasteiger partial charge in [0.05, 0.1) is 39.9 Å². The van der Waals surface area contributed by atoms with Crippen molar-refractivity contribution in [3.05, 3.63) is 24.3 Å². The lowest BCUT2D eigenvalue weighted by molar-refractivity contribution is -0.870. The molecule has 0 aromatic rings. The van der Waals surface area contributed by atoms with Gasteiger partial charge in [0, 0.05) is 6.42 Å². The van der Waals surface area contributed by atoms with E-state index in [1.807, 2.05) is 27.2 Å². The number of phosphoric ester groups is 1. The Morgan fingerprint density at radius 3 is 1.28 bits per heavy atom. The molecular formula is C52H103N2O6P. The number of likely N-dealkylation sites (N-methyl/N-ethyl adjacent to an activating group) is 1. The van der Waals surface area contributed by atoms with E-state index in [4.69, 9.17) is 9.05 Å². The van der Waals surface area contributed by atoms with Crippen LogP contribution in [0.1, 0.15) is 251 Å². The highest BCUT2D eigenvalue weighted by Crippen LogP contribution is 2.38. The molecular weight excluding hydrogens is 780 g/mol. The number of aliphatic hydroxyl groups excluding tert-OH is 1. The molecule has 0 aromatic heterocycles. The lowest BCUT2D eigenvalue weighted by Gasteiger charge is -2.29. The van der Waals surface area contributed by atoms with E-state index >= 15 is 0 Å². The number of hydrogen-bond donors (Lipinski definition) is 2. The highest BCUT2D eigenvalue weighted by molar-refractivity contribution is 7.45. The molecule has 0 aliphatic carbocycles. The molecule has 0 saturated heterocycles. The summed E-state index contributed by atoms with van der Waals surface area (Å²) in [7, 11) is 1.27. The summed E-state index contributed by atoms with van der Waals surface area (Å²) in [6.45, 7) is 4.67. The molecule has 0 radical (unpaired) electrons. The maximum atomic E-state index is 12.9. The van der Waals surface area contributed by atoms with Gasteiger partial charge in [0.15, 0.2) is 0 Å². The van der Waals surface area contributed by atoms with Crippen molar-refractivity contribution in [1.82, 2.24) is 5.32 Å². The Morgan fingerprint density at radius 2 is 0.902 bits per heavy atom. The zero-order valence-electron chi connectivity index (χ0n) is 41.1. The number of nitrogens with one attached hydrogen (secondary N) is 1. The van der Waals surface area contributed by atoms with E-state index in [0.717, 1.165) is 38.5 Å². The number of allylic oxidation sites excluding steroid dienone is 3. The van der Waals surface area contributed by atoms with Crippen LogP contribution in [0, 0.1) is 0 Å². The first-order valence-electron chi connectivity index (χ1n) is 26.2. The molecule has 0 aliphatic rings. The fourth-order valence-corrected chi connectivity index (χ4v) is 8.46. The van der Waals surface area contributed by atoms with Crippen LogP contribution in [-0.2, 0) is 18.4 Å². The van der Waals surface area contributed by atoms with Crippen molar-refractivity contribution in [3.63, 3.8) is 0 Å². The summed E-state index contributed by atoms with van der Waals surface area (Å²) in [4.78, 5) is 25.4. The number of hydrogen-bond acceptors (Lipinski definition) is 6. The topological polar surface area (TPSA) is 108 Å². The van der Waals surface area contributed by atoms with Crippen LogP contribution in [0.15, 0.2) is 24.3 Å². The molecule has 0 saturated carbocycles. The lowest BCUT2D eigenvalue weighted by atomic mass is 10.0. The molecule has 0 spiro atoms. The number of carbonyl (C=O) groups is 1. The Balaban J connectivity index is 4.28. The Kier molecular flexibility index (Phi) is 43.5. The number of amides is 1. The highest BCUT2D eigenvalue weighted by atomic mass is 31.2. The Hall–Kier alpha value is -1.02. The maximum Gasteiger partial charge on any atom is 0.268 e. The van der Waals surface area contributed by atoms with Crippen LogP contribution in [-0.4, -0.2) is 68.5 Å². The second-order valence-corrected chi connectivity index (χ2v) is 20.6. The summed E-state index contributed by atoms with van der Waals surface area (Å²) in [5.41, 5.74) is 0. The van der Waals surface area contributed by atoms with Crippen LogP contribution in [0.5, 0.6) is 0 Å². The molecule has 3 unspecified atom stereocenters. The third kappa shape index (κ3) is 46.8. The van der Waals surface area contributed by atoms with Crippen LogP contribution < -0.4 is 10.2 Å². The zero-order valence-corrected chi connectivity index (χ0v) is 42.0. The number of aliphatic hydroxyl groups is 1. The number of nitrogens with zero attached hydrogens (tertiary/aromatic N) is 1. The van der Waals surface area contributed by atoms with Crippen molar-refractivity contribution < 1.29 is 32.9 Å². The van der Waals surface area contributed by atoms with Gasteiger partial charge in [-0.3, -0.25) is 9.36 Å². The summed E-state index contributed by atoms with van der Waals surface area (Å²) in [5, 5.41) is 13.9. The molecule has 2 N–H and O–H groups in total. The minimum Gasteiger partial charge on any atom is -0.756 e. The second kappa shape index (κ2) is 44.2. The molecule has 0 aliphatic heterocycles. The number of phosphoric acid groups is 1. The summed E-state index contributed by atoms with van der Waals surface area (Å²) >= 11 is 0. The standard InChI is InChI=1S/C52H103N2O6P/c1-6-8-10-12-14-16-18-20-22-24-26-27-28-30-32-34-36-38-40-42-44-46-52(56)53-50(49-60-61(57,58)59-48-47-54(3,4)5)51(55)45-43-41-39-37-35-33-31-29-25-23-21-19-17-15-13-11-9-7-2/h24,26,43,45,50-51,55H,6-23,25,27-42,44,46-49H2,1-5H3,(H-,53,56,57,58)/b26-24-,45-43+. The first-order valence-corrected chi connectivity index (χ1v) is 27.7. The smallest absolute Gasteiger partial charge is 0.268 e. The lowest BCUT2D eigenvalue weighted by Crippen LogP contribution is -2.45. The second-order valence-electron chi connectivity index (χ2n) is 19.2. The molecule has 9 heteroatoms. The van der Waals surface area contributed by atoms with Crippen LogP contribution in [0.4, 0.5) is 0 Å². The monoisotopic (exact) mass is 883 g/mol. The van der Waals surface area contributed by atoms with Gasteiger partial charge in [-0.1, -0.05) is 224 Å². The van der Waals surface area contributed by atoms with E-state index in [2.05, 4.69) is 31.3 Å². The first-order chi connectivity index (χ1) is 29.5. The first kappa shape index (κ1) is 60.0. The molecule has 0 rings (SSSR count). The Morgan fingerprint density at radius 1 is 0.557 bits per heavy atom. The summed E-state index contributed by atoms with van der Waals surface area (Å²) in [6, 6.07) is -0.885. The van der Waals surface area contributed by atoms with E-state index in [9.17, 15) is 19.4 Å². The van der Waals surface area contributed by atoms with Gasteiger partial charge in [0.2, 0.25) is 5.91 Å². The third-order valence-corrected chi connectivity index (χ3v) is 12.9. The average Bonchev–Trinajstić information content (AvgIpc) is 3.21. The van der Waals surface area contributed by atoms with Gasteiger partial charge in [0.25, 0.3) is 7.82 Å². The average molecular weight is 883 g/mol. The van der Waals surface area contributed by atoms with Crippen LogP contribution >= 0.6 is 7.82 Å². The van der Waals surface area contributed by atoms with Crippen molar-refractivity contribution in [2.75, 3.05) is 40.9 Å². The van der Waals surface area contributed by atoms with Gasteiger partial charge in [-0.2, -0.15) is 0 Å². The molecule has 0 bridgehead atoms. The molecule has 61 heavy (non-hydrogen) atoms. The van der Waals surface area contributed by atoms with Crippen LogP contribution in [0.3, 0.4) is 0 Å². The summed E-state index contributed by atoms with van der Waals surface area (Å²) in [5.74, 6) is -0.197. The number of carbonyl (C=O) groups excluding carboxylic acids is 1.